The standard InChI is InChI=1S/C12H17N3S2/c1-3-5-13-6-4-11-14-15-12(17-11)10-8-16-7-9(10)2/h7-8,13H,3-6H2,1-2H3. The van der Waals surface area contributed by atoms with Crippen LogP contribution in [0.1, 0.15) is 23.9 Å². The largest absolute Gasteiger partial charge is 0.316 e. The van der Waals surface area contributed by atoms with E-state index >= 15 is 0 Å². The van der Waals surface area contributed by atoms with Gasteiger partial charge in [-0.2, -0.15) is 11.3 Å². The van der Waals surface area contributed by atoms with E-state index in [9.17, 15) is 0 Å². The van der Waals surface area contributed by atoms with E-state index in [1.165, 1.54) is 17.5 Å². The molecule has 0 atom stereocenters. The predicted octanol–water partition coefficient (Wildman–Crippen LogP) is 3.12. The smallest absolute Gasteiger partial charge is 0.148 e. The van der Waals surface area contributed by atoms with Gasteiger partial charge in [0.1, 0.15) is 10.0 Å². The fraction of sp³-hybridized carbons (Fsp3) is 0.500. The van der Waals surface area contributed by atoms with E-state index in [4.69, 9.17) is 0 Å². The topological polar surface area (TPSA) is 37.8 Å². The average Bonchev–Trinajstić information content (AvgIpc) is 2.93. The molecular weight excluding hydrogens is 250 g/mol. The van der Waals surface area contributed by atoms with Gasteiger partial charge in [0.2, 0.25) is 0 Å². The normalized spacial score (nSPS) is 10.9. The third kappa shape index (κ3) is 3.34. The van der Waals surface area contributed by atoms with Gasteiger partial charge in [-0.3, -0.25) is 0 Å². The van der Waals surface area contributed by atoms with Crippen LogP contribution < -0.4 is 5.32 Å². The Labute approximate surface area is 110 Å². The maximum Gasteiger partial charge on any atom is 0.148 e. The number of hydrogen-bond donors (Lipinski definition) is 1. The first-order valence-corrected chi connectivity index (χ1v) is 7.63. The Kier molecular flexibility index (Phi) is 4.65. The Morgan fingerprint density at radius 2 is 2.12 bits per heavy atom. The van der Waals surface area contributed by atoms with E-state index in [1.807, 2.05) is 0 Å². The summed E-state index contributed by atoms with van der Waals surface area (Å²) in [5, 5.41) is 18.4. The highest BCUT2D eigenvalue weighted by Gasteiger charge is 2.09. The molecule has 0 bridgehead atoms. The van der Waals surface area contributed by atoms with E-state index in [1.54, 1.807) is 22.7 Å². The fourth-order valence-corrected chi connectivity index (χ4v) is 3.37. The van der Waals surface area contributed by atoms with Crippen molar-refractivity contribution in [3.8, 4) is 10.6 Å². The molecule has 0 saturated heterocycles. The molecule has 2 aromatic heterocycles. The maximum atomic E-state index is 4.27. The van der Waals surface area contributed by atoms with Gasteiger partial charge < -0.3 is 5.32 Å². The third-order valence-corrected chi connectivity index (χ3v) is 4.37. The Morgan fingerprint density at radius 1 is 1.24 bits per heavy atom. The van der Waals surface area contributed by atoms with Crippen molar-refractivity contribution in [1.29, 1.82) is 0 Å². The molecule has 17 heavy (non-hydrogen) atoms. The number of rotatable bonds is 6. The van der Waals surface area contributed by atoms with Crippen LogP contribution in [-0.2, 0) is 6.42 Å². The number of hydrogen-bond acceptors (Lipinski definition) is 5. The highest BCUT2D eigenvalue weighted by molar-refractivity contribution is 7.15. The number of aryl methyl sites for hydroxylation is 1. The molecule has 0 amide bonds. The fourth-order valence-electron chi connectivity index (χ4n) is 1.54. The van der Waals surface area contributed by atoms with E-state index in [2.05, 4.69) is 40.1 Å². The zero-order valence-corrected chi connectivity index (χ0v) is 11.8. The first kappa shape index (κ1) is 12.7. The number of nitrogens with one attached hydrogen (secondary N) is 1. The van der Waals surface area contributed by atoms with Crippen molar-refractivity contribution in [1.82, 2.24) is 15.5 Å². The average molecular weight is 267 g/mol. The quantitative estimate of drug-likeness (QED) is 0.817. The predicted molar refractivity (Wildman–Crippen MR) is 74.8 cm³/mol. The highest BCUT2D eigenvalue weighted by atomic mass is 32.1. The molecule has 0 aliphatic carbocycles. The first-order valence-electron chi connectivity index (χ1n) is 5.87. The molecule has 0 saturated carbocycles. The van der Waals surface area contributed by atoms with Crippen LogP contribution in [0, 0.1) is 6.92 Å². The second-order valence-corrected chi connectivity index (χ2v) is 5.78. The molecule has 2 rings (SSSR count). The van der Waals surface area contributed by atoms with Gasteiger partial charge >= 0.3 is 0 Å². The summed E-state index contributed by atoms with van der Waals surface area (Å²) in [6.07, 6.45) is 2.15. The van der Waals surface area contributed by atoms with E-state index < -0.39 is 0 Å². The minimum atomic E-state index is 0.973. The molecule has 92 valence electrons. The lowest BCUT2D eigenvalue weighted by atomic mass is 10.2. The molecule has 5 heteroatoms. The third-order valence-electron chi connectivity index (χ3n) is 2.50. The number of aromatic nitrogens is 2. The van der Waals surface area contributed by atoms with Gasteiger partial charge in [-0.05, 0) is 30.8 Å². The lowest BCUT2D eigenvalue weighted by molar-refractivity contribution is 0.668. The Morgan fingerprint density at radius 3 is 2.82 bits per heavy atom. The zero-order chi connectivity index (χ0) is 12.1. The monoisotopic (exact) mass is 267 g/mol. The molecule has 2 heterocycles. The zero-order valence-electron chi connectivity index (χ0n) is 10.2. The molecule has 1 N–H and O–H groups in total. The summed E-state index contributed by atoms with van der Waals surface area (Å²) < 4.78 is 0. The minimum Gasteiger partial charge on any atom is -0.316 e. The number of nitrogens with zero attached hydrogens (tertiary/aromatic N) is 2. The molecule has 0 spiro atoms. The molecule has 0 aliphatic heterocycles. The lowest BCUT2D eigenvalue weighted by Gasteiger charge is -1.98. The molecule has 3 nitrogen and oxygen atoms in total. The summed E-state index contributed by atoms with van der Waals surface area (Å²) in [4.78, 5) is 0. The van der Waals surface area contributed by atoms with Crippen LogP contribution in [0.3, 0.4) is 0 Å². The van der Waals surface area contributed by atoms with Gasteiger partial charge in [0.05, 0.1) is 0 Å². The van der Waals surface area contributed by atoms with E-state index in [-0.39, 0.29) is 0 Å². The Hall–Kier alpha value is -0.780. The van der Waals surface area contributed by atoms with Gasteiger partial charge in [-0.1, -0.05) is 18.3 Å². The Bertz CT molecular complexity index is 462. The second-order valence-electron chi connectivity index (χ2n) is 3.97. The summed E-state index contributed by atoms with van der Waals surface area (Å²) in [6.45, 7) is 6.37. The molecule has 0 aliphatic rings. The van der Waals surface area contributed by atoms with Crippen LogP contribution in [-0.4, -0.2) is 23.3 Å². The molecule has 2 aromatic rings. The molecule has 0 unspecified atom stereocenters. The highest BCUT2D eigenvalue weighted by Crippen LogP contribution is 2.29. The van der Waals surface area contributed by atoms with Gasteiger partial charge in [-0.15, -0.1) is 10.2 Å². The first-order chi connectivity index (χ1) is 8.31. The van der Waals surface area contributed by atoms with Crippen molar-refractivity contribution in [3.63, 3.8) is 0 Å². The van der Waals surface area contributed by atoms with Crippen LogP contribution in [0.15, 0.2) is 10.8 Å². The SMILES string of the molecule is CCCNCCc1nnc(-c2cscc2C)s1. The Balaban J connectivity index is 1.95. The van der Waals surface area contributed by atoms with Crippen LogP contribution in [0.5, 0.6) is 0 Å². The van der Waals surface area contributed by atoms with Crippen molar-refractivity contribution >= 4 is 22.7 Å². The van der Waals surface area contributed by atoms with Crippen LogP contribution in [0.2, 0.25) is 0 Å². The summed E-state index contributed by atoms with van der Waals surface area (Å²) in [5.41, 5.74) is 2.53. The minimum absolute atomic E-state index is 0.973. The summed E-state index contributed by atoms with van der Waals surface area (Å²) in [6, 6.07) is 0. The molecule has 0 fully saturated rings. The van der Waals surface area contributed by atoms with Crippen molar-refractivity contribution in [3.05, 3.63) is 21.3 Å². The molecular formula is C12H17N3S2. The second kappa shape index (κ2) is 6.23. The van der Waals surface area contributed by atoms with Gasteiger partial charge in [0.15, 0.2) is 0 Å². The summed E-state index contributed by atoms with van der Waals surface area (Å²) in [5.74, 6) is 0. The molecule has 0 aromatic carbocycles. The van der Waals surface area contributed by atoms with Crippen LogP contribution in [0.25, 0.3) is 10.6 Å². The molecule has 0 radical (unpaired) electrons. The summed E-state index contributed by atoms with van der Waals surface area (Å²) >= 11 is 3.43. The van der Waals surface area contributed by atoms with Crippen molar-refractivity contribution in [2.75, 3.05) is 13.1 Å². The van der Waals surface area contributed by atoms with Crippen LogP contribution >= 0.6 is 22.7 Å². The van der Waals surface area contributed by atoms with Crippen molar-refractivity contribution in [2.24, 2.45) is 0 Å². The van der Waals surface area contributed by atoms with E-state index in [0.717, 1.165) is 29.5 Å². The lowest BCUT2D eigenvalue weighted by Crippen LogP contribution is -2.17. The van der Waals surface area contributed by atoms with Gasteiger partial charge in [0.25, 0.3) is 0 Å². The van der Waals surface area contributed by atoms with Gasteiger partial charge in [0, 0.05) is 23.9 Å². The number of thiophene rings is 1. The van der Waals surface area contributed by atoms with Crippen molar-refractivity contribution < 1.29 is 0 Å². The van der Waals surface area contributed by atoms with E-state index in [0.29, 0.717) is 0 Å². The summed E-state index contributed by atoms with van der Waals surface area (Å²) in [7, 11) is 0. The maximum absolute atomic E-state index is 4.27. The van der Waals surface area contributed by atoms with Gasteiger partial charge in [-0.25, -0.2) is 0 Å². The van der Waals surface area contributed by atoms with Crippen LogP contribution in [0.4, 0.5) is 0 Å². The van der Waals surface area contributed by atoms with Crippen molar-refractivity contribution in [2.45, 2.75) is 26.7 Å².